The monoisotopic (exact) mass is 369 g/mol. The van der Waals surface area contributed by atoms with Crippen molar-refractivity contribution < 1.29 is 13.2 Å². The molecule has 1 unspecified atom stereocenters. The van der Waals surface area contributed by atoms with Crippen LogP contribution in [0, 0.1) is 0 Å². The fourth-order valence-electron chi connectivity index (χ4n) is 3.34. The highest BCUT2D eigenvalue weighted by Crippen LogP contribution is 2.36. The standard InChI is InChI=1S/C16H18F3N5S/c17-16(18,19)14-3-5-20-15(22-14)24(12-1-2-12)13-4-6-23(8-13)7-11-9-25-10-21-11/h3,5,9-10,12-13H,1-2,4,6-8H2. The zero-order chi connectivity index (χ0) is 17.4. The van der Waals surface area contributed by atoms with E-state index in [9.17, 15) is 13.2 Å². The van der Waals surface area contributed by atoms with Crippen LogP contribution in [0.2, 0.25) is 0 Å². The van der Waals surface area contributed by atoms with E-state index in [1.165, 1.54) is 6.20 Å². The molecule has 4 rings (SSSR count). The van der Waals surface area contributed by atoms with E-state index in [-0.39, 0.29) is 18.0 Å². The van der Waals surface area contributed by atoms with Crippen molar-refractivity contribution in [3.63, 3.8) is 0 Å². The van der Waals surface area contributed by atoms with Gasteiger partial charge in [-0.1, -0.05) is 0 Å². The molecule has 1 saturated carbocycles. The number of alkyl halides is 3. The first kappa shape index (κ1) is 16.7. The maximum Gasteiger partial charge on any atom is 0.433 e. The minimum Gasteiger partial charge on any atom is -0.334 e. The van der Waals surface area contributed by atoms with Crippen LogP contribution in [0.4, 0.5) is 19.1 Å². The molecule has 1 aliphatic carbocycles. The number of rotatable bonds is 5. The molecule has 9 heteroatoms. The van der Waals surface area contributed by atoms with Crippen LogP contribution in [0.3, 0.4) is 0 Å². The first-order valence-corrected chi connectivity index (χ1v) is 9.23. The Labute approximate surface area is 147 Å². The van der Waals surface area contributed by atoms with Gasteiger partial charge >= 0.3 is 6.18 Å². The van der Waals surface area contributed by atoms with Gasteiger partial charge in [0.15, 0.2) is 0 Å². The highest BCUT2D eigenvalue weighted by atomic mass is 32.1. The summed E-state index contributed by atoms with van der Waals surface area (Å²) in [6.45, 7) is 2.49. The number of aromatic nitrogens is 3. The summed E-state index contributed by atoms with van der Waals surface area (Å²) >= 11 is 1.57. The summed E-state index contributed by atoms with van der Waals surface area (Å²) < 4.78 is 38.9. The molecule has 134 valence electrons. The number of thiazole rings is 1. The Morgan fingerprint density at radius 2 is 2.04 bits per heavy atom. The van der Waals surface area contributed by atoms with Gasteiger partial charge in [0.05, 0.1) is 11.2 Å². The molecule has 1 aliphatic heterocycles. The largest absolute Gasteiger partial charge is 0.433 e. The number of nitrogens with zero attached hydrogens (tertiary/aromatic N) is 5. The summed E-state index contributed by atoms with van der Waals surface area (Å²) in [7, 11) is 0. The van der Waals surface area contributed by atoms with E-state index >= 15 is 0 Å². The summed E-state index contributed by atoms with van der Waals surface area (Å²) in [5.74, 6) is 0.206. The van der Waals surface area contributed by atoms with Crippen LogP contribution < -0.4 is 4.90 Å². The van der Waals surface area contributed by atoms with Gasteiger partial charge in [-0.15, -0.1) is 11.3 Å². The Morgan fingerprint density at radius 1 is 1.20 bits per heavy atom. The van der Waals surface area contributed by atoms with E-state index in [0.717, 1.165) is 50.7 Å². The first-order valence-electron chi connectivity index (χ1n) is 8.29. The van der Waals surface area contributed by atoms with Crippen molar-refractivity contribution in [2.45, 2.75) is 44.1 Å². The maximum atomic E-state index is 13.0. The molecule has 0 radical (unpaired) electrons. The minimum absolute atomic E-state index is 0.148. The van der Waals surface area contributed by atoms with E-state index in [2.05, 4.69) is 19.9 Å². The molecule has 0 spiro atoms. The lowest BCUT2D eigenvalue weighted by molar-refractivity contribution is -0.141. The molecule has 5 nitrogen and oxygen atoms in total. The van der Waals surface area contributed by atoms with Crippen molar-refractivity contribution in [1.29, 1.82) is 0 Å². The van der Waals surface area contributed by atoms with Gasteiger partial charge in [-0.3, -0.25) is 4.90 Å². The highest BCUT2D eigenvalue weighted by molar-refractivity contribution is 7.07. The van der Waals surface area contributed by atoms with Gasteiger partial charge in [-0.2, -0.15) is 13.2 Å². The highest BCUT2D eigenvalue weighted by Gasteiger charge is 2.40. The van der Waals surface area contributed by atoms with Crippen LogP contribution in [0.1, 0.15) is 30.7 Å². The van der Waals surface area contributed by atoms with Gasteiger partial charge in [-0.05, 0) is 25.3 Å². The topological polar surface area (TPSA) is 45.2 Å². The van der Waals surface area contributed by atoms with E-state index < -0.39 is 11.9 Å². The fourth-order valence-corrected chi connectivity index (χ4v) is 3.89. The third-order valence-corrected chi connectivity index (χ3v) is 5.25. The van der Waals surface area contributed by atoms with Gasteiger partial charge < -0.3 is 4.90 Å². The molecule has 3 heterocycles. The molecule has 0 N–H and O–H groups in total. The zero-order valence-electron chi connectivity index (χ0n) is 13.5. The third-order valence-electron chi connectivity index (χ3n) is 4.61. The van der Waals surface area contributed by atoms with Crippen LogP contribution in [0.15, 0.2) is 23.2 Å². The lowest BCUT2D eigenvalue weighted by Gasteiger charge is -2.29. The molecule has 0 amide bonds. The quantitative estimate of drug-likeness (QED) is 0.810. The summed E-state index contributed by atoms with van der Waals surface area (Å²) in [4.78, 5) is 16.6. The minimum atomic E-state index is -4.45. The van der Waals surface area contributed by atoms with Gasteiger partial charge in [0.1, 0.15) is 5.69 Å². The van der Waals surface area contributed by atoms with E-state index in [1.54, 1.807) is 11.3 Å². The molecule has 2 aromatic rings. The smallest absolute Gasteiger partial charge is 0.334 e. The summed E-state index contributed by atoms with van der Waals surface area (Å²) in [5.41, 5.74) is 1.98. The Hall–Kier alpha value is -1.74. The van der Waals surface area contributed by atoms with Crippen molar-refractivity contribution in [3.8, 4) is 0 Å². The fraction of sp³-hybridized carbons (Fsp3) is 0.562. The van der Waals surface area contributed by atoms with Crippen LogP contribution in [-0.4, -0.2) is 45.0 Å². The van der Waals surface area contributed by atoms with Gasteiger partial charge in [-0.25, -0.2) is 15.0 Å². The van der Waals surface area contributed by atoms with Crippen molar-refractivity contribution in [2.24, 2.45) is 0 Å². The summed E-state index contributed by atoms with van der Waals surface area (Å²) in [6.07, 6.45) is -0.355. The maximum absolute atomic E-state index is 13.0. The molecule has 25 heavy (non-hydrogen) atoms. The number of likely N-dealkylation sites (tertiary alicyclic amines) is 1. The second-order valence-corrected chi connectivity index (χ2v) is 7.25. The Bertz CT molecular complexity index is 717. The van der Waals surface area contributed by atoms with Gasteiger partial charge in [0.2, 0.25) is 5.95 Å². The molecule has 1 atom stereocenters. The summed E-state index contributed by atoms with van der Waals surface area (Å²) in [6, 6.07) is 1.33. The summed E-state index contributed by atoms with van der Waals surface area (Å²) in [5, 5.41) is 2.03. The van der Waals surface area contributed by atoms with Crippen molar-refractivity contribution in [2.75, 3.05) is 18.0 Å². The molecule has 1 saturated heterocycles. The molecule has 2 fully saturated rings. The van der Waals surface area contributed by atoms with Crippen molar-refractivity contribution >= 4 is 17.3 Å². The van der Waals surface area contributed by atoms with Crippen LogP contribution in [0.5, 0.6) is 0 Å². The molecular formula is C16H18F3N5S. The van der Waals surface area contributed by atoms with E-state index in [0.29, 0.717) is 0 Å². The Balaban J connectivity index is 1.51. The predicted octanol–water partition coefficient (Wildman–Crippen LogP) is 3.20. The van der Waals surface area contributed by atoms with Crippen molar-refractivity contribution in [3.05, 3.63) is 34.5 Å². The average molecular weight is 369 g/mol. The lowest BCUT2D eigenvalue weighted by atomic mass is 10.2. The normalized spacial score (nSPS) is 21.6. The van der Waals surface area contributed by atoms with Gasteiger partial charge in [0, 0.05) is 43.3 Å². The number of anilines is 1. The zero-order valence-corrected chi connectivity index (χ0v) is 14.3. The molecule has 2 aromatic heterocycles. The second kappa shape index (κ2) is 6.53. The van der Waals surface area contributed by atoms with Crippen LogP contribution in [-0.2, 0) is 12.7 Å². The van der Waals surface area contributed by atoms with E-state index in [1.807, 2.05) is 15.8 Å². The Morgan fingerprint density at radius 3 is 2.72 bits per heavy atom. The molecule has 0 bridgehead atoms. The van der Waals surface area contributed by atoms with E-state index in [4.69, 9.17) is 0 Å². The molecule has 0 aromatic carbocycles. The van der Waals surface area contributed by atoms with Crippen LogP contribution in [0.25, 0.3) is 0 Å². The van der Waals surface area contributed by atoms with Crippen LogP contribution >= 0.6 is 11.3 Å². The molecular weight excluding hydrogens is 351 g/mol. The Kier molecular flexibility index (Phi) is 4.36. The number of halogens is 3. The first-order chi connectivity index (χ1) is 12.0. The number of hydrogen-bond acceptors (Lipinski definition) is 6. The SMILES string of the molecule is FC(F)(F)c1ccnc(N(C2CC2)C2CCN(Cc3cscn3)C2)n1. The number of hydrogen-bond donors (Lipinski definition) is 0. The van der Waals surface area contributed by atoms with Gasteiger partial charge in [0.25, 0.3) is 0 Å². The second-order valence-electron chi connectivity index (χ2n) is 6.54. The van der Waals surface area contributed by atoms with Crippen molar-refractivity contribution in [1.82, 2.24) is 19.9 Å². The predicted molar refractivity (Wildman–Crippen MR) is 88.3 cm³/mol. The third kappa shape index (κ3) is 3.77. The lowest BCUT2D eigenvalue weighted by Crippen LogP contribution is -2.40. The molecule has 2 aliphatic rings. The average Bonchev–Trinajstić information content (AvgIpc) is 3.07.